The Morgan fingerprint density at radius 2 is 2.24 bits per heavy atom. The molecule has 0 atom stereocenters. The number of aromatic nitrogens is 2. The van der Waals surface area contributed by atoms with Crippen LogP contribution in [0.2, 0.25) is 0 Å². The van der Waals surface area contributed by atoms with Crippen molar-refractivity contribution in [1.82, 2.24) is 15.3 Å². The maximum atomic E-state index is 11.6. The van der Waals surface area contributed by atoms with Gasteiger partial charge in [-0.2, -0.15) is 0 Å². The summed E-state index contributed by atoms with van der Waals surface area (Å²) in [6, 6.07) is 0.555. The van der Waals surface area contributed by atoms with E-state index in [1.165, 1.54) is 13.4 Å². The summed E-state index contributed by atoms with van der Waals surface area (Å²) in [5, 5.41) is 3.27. The second kappa shape index (κ2) is 5.18. The van der Waals surface area contributed by atoms with Crippen molar-refractivity contribution in [1.29, 1.82) is 0 Å². The molecule has 0 bridgehead atoms. The van der Waals surface area contributed by atoms with E-state index in [1.54, 1.807) is 0 Å². The minimum Gasteiger partial charge on any atom is -0.489 e. The van der Waals surface area contributed by atoms with Crippen LogP contribution in [0.15, 0.2) is 11.1 Å². The Balaban J connectivity index is 2.18. The zero-order chi connectivity index (χ0) is 12.3. The molecule has 6 heteroatoms. The Morgan fingerprint density at radius 3 is 2.82 bits per heavy atom. The average molecular weight is 238 g/mol. The minimum atomic E-state index is -0.228. The number of ether oxygens (including phenoxy) is 1. The third kappa shape index (κ3) is 2.41. The Hall–Kier alpha value is -1.56. The predicted molar refractivity (Wildman–Crippen MR) is 65.7 cm³/mol. The normalized spacial score (nSPS) is 17.2. The molecule has 1 fully saturated rings. The molecule has 1 saturated heterocycles. The second-order valence-electron chi connectivity index (χ2n) is 4.14. The number of aromatic amines is 1. The van der Waals surface area contributed by atoms with Crippen LogP contribution in [0.3, 0.4) is 0 Å². The van der Waals surface area contributed by atoms with E-state index in [1.807, 2.05) is 7.05 Å². The molecule has 0 aliphatic carbocycles. The van der Waals surface area contributed by atoms with Crippen molar-refractivity contribution < 1.29 is 4.74 Å². The van der Waals surface area contributed by atoms with Gasteiger partial charge in [0.15, 0.2) is 5.82 Å². The SMILES string of the molecule is CNC1CCN(c2nc[nH]c(=O)c2OC)CC1. The van der Waals surface area contributed by atoms with E-state index in [0.29, 0.717) is 17.6 Å². The molecule has 2 rings (SSSR count). The van der Waals surface area contributed by atoms with Gasteiger partial charge >= 0.3 is 0 Å². The third-order valence-electron chi connectivity index (χ3n) is 3.20. The molecule has 94 valence electrons. The van der Waals surface area contributed by atoms with Crippen LogP contribution in [-0.4, -0.2) is 43.3 Å². The first kappa shape index (κ1) is 11.9. The first-order valence-corrected chi connectivity index (χ1v) is 5.80. The first-order chi connectivity index (χ1) is 8.26. The molecule has 0 amide bonds. The summed E-state index contributed by atoms with van der Waals surface area (Å²) in [5.74, 6) is 0.946. The van der Waals surface area contributed by atoms with Gasteiger partial charge in [0.05, 0.1) is 13.4 Å². The third-order valence-corrected chi connectivity index (χ3v) is 3.20. The maximum Gasteiger partial charge on any atom is 0.295 e. The Kier molecular flexibility index (Phi) is 3.63. The molecule has 6 nitrogen and oxygen atoms in total. The summed E-state index contributed by atoms with van der Waals surface area (Å²) in [6.45, 7) is 1.77. The number of nitrogens with one attached hydrogen (secondary N) is 2. The van der Waals surface area contributed by atoms with Crippen LogP contribution in [0.1, 0.15) is 12.8 Å². The van der Waals surface area contributed by atoms with Gasteiger partial charge in [-0.25, -0.2) is 4.98 Å². The van der Waals surface area contributed by atoms with Gasteiger partial charge in [0.2, 0.25) is 5.75 Å². The highest BCUT2D eigenvalue weighted by molar-refractivity contribution is 5.50. The molecule has 0 saturated carbocycles. The van der Waals surface area contributed by atoms with E-state index in [2.05, 4.69) is 20.2 Å². The molecule has 0 unspecified atom stereocenters. The molecule has 1 aliphatic heterocycles. The van der Waals surface area contributed by atoms with Crippen LogP contribution in [-0.2, 0) is 0 Å². The van der Waals surface area contributed by atoms with Crippen LogP contribution in [0.4, 0.5) is 5.82 Å². The van der Waals surface area contributed by atoms with Crippen LogP contribution in [0, 0.1) is 0 Å². The molecule has 1 aromatic rings. The second-order valence-corrected chi connectivity index (χ2v) is 4.14. The number of hydrogen-bond acceptors (Lipinski definition) is 5. The molecule has 0 spiro atoms. The molecular weight excluding hydrogens is 220 g/mol. The predicted octanol–water partition coefficient (Wildman–Crippen LogP) is -0.0333. The van der Waals surface area contributed by atoms with E-state index in [9.17, 15) is 4.79 Å². The molecular formula is C11H18N4O2. The molecule has 1 aliphatic rings. The standard InChI is InChI=1S/C11H18N4O2/c1-12-8-3-5-15(6-4-8)10-9(17-2)11(16)14-7-13-10/h7-8,12H,3-6H2,1-2H3,(H,13,14,16). The van der Waals surface area contributed by atoms with Crippen molar-refractivity contribution >= 4 is 5.82 Å². The van der Waals surface area contributed by atoms with Gasteiger partial charge < -0.3 is 19.9 Å². The lowest BCUT2D eigenvalue weighted by Gasteiger charge is -2.32. The average Bonchev–Trinajstić information content (AvgIpc) is 2.38. The van der Waals surface area contributed by atoms with Crippen LogP contribution in [0.25, 0.3) is 0 Å². The maximum absolute atomic E-state index is 11.6. The topological polar surface area (TPSA) is 70.2 Å². The number of hydrogen-bond donors (Lipinski definition) is 2. The van der Waals surface area contributed by atoms with E-state index in [-0.39, 0.29) is 5.56 Å². The molecule has 2 N–H and O–H groups in total. The number of nitrogens with zero attached hydrogens (tertiary/aromatic N) is 2. The van der Waals surface area contributed by atoms with Gasteiger partial charge in [0.25, 0.3) is 5.56 Å². The lowest BCUT2D eigenvalue weighted by atomic mass is 10.1. The largest absolute Gasteiger partial charge is 0.489 e. The highest BCUT2D eigenvalue weighted by Gasteiger charge is 2.22. The van der Waals surface area contributed by atoms with E-state index >= 15 is 0 Å². The fraction of sp³-hybridized carbons (Fsp3) is 0.636. The van der Waals surface area contributed by atoms with Gasteiger partial charge in [-0.1, -0.05) is 0 Å². The van der Waals surface area contributed by atoms with Crippen LogP contribution < -0.4 is 20.5 Å². The minimum absolute atomic E-state index is 0.228. The summed E-state index contributed by atoms with van der Waals surface area (Å²) in [4.78, 5) is 20.4. The zero-order valence-electron chi connectivity index (χ0n) is 10.2. The summed E-state index contributed by atoms with van der Waals surface area (Å²) in [6.07, 6.45) is 3.52. The van der Waals surface area contributed by atoms with Crippen LogP contribution in [0.5, 0.6) is 5.75 Å². The number of methoxy groups -OCH3 is 1. The summed E-state index contributed by atoms with van der Waals surface area (Å²) in [5.41, 5.74) is -0.228. The smallest absolute Gasteiger partial charge is 0.295 e. The highest BCUT2D eigenvalue weighted by atomic mass is 16.5. The number of anilines is 1. The van der Waals surface area contributed by atoms with Crippen molar-refractivity contribution in [2.45, 2.75) is 18.9 Å². The van der Waals surface area contributed by atoms with Gasteiger partial charge in [-0.15, -0.1) is 0 Å². The quantitative estimate of drug-likeness (QED) is 0.773. The Morgan fingerprint density at radius 1 is 1.53 bits per heavy atom. The highest BCUT2D eigenvalue weighted by Crippen LogP contribution is 2.23. The van der Waals surface area contributed by atoms with Gasteiger partial charge in [-0.3, -0.25) is 4.79 Å². The van der Waals surface area contributed by atoms with Crippen molar-refractivity contribution in [2.24, 2.45) is 0 Å². The Labute approximate surface area is 100 Å². The van der Waals surface area contributed by atoms with Gasteiger partial charge in [0, 0.05) is 19.1 Å². The van der Waals surface area contributed by atoms with E-state index in [4.69, 9.17) is 4.74 Å². The van der Waals surface area contributed by atoms with Crippen molar-refractivity contribution in [3.8, 4) is 5.75 Å². The summed E-state index contributed by atoms with van der Waals surface area (Å²) >= 11 is 0. The molecule has 0 radical (unpaired) electrons. The van der Waals surface area contributed by atoms with E-state index in [0.717, 1.165) is 25.9 Å². The molecule has 17 heavy (non-hydrogen) atoms. The molecule has 2 heterocycles. The monoisotopic (exact) mass is 238 g/mol. The van der Waals surface area contributed by atoms with Crippen molar-refractivity contribution in [3.63, 3.8) is 0 Å². The fourth-order valence-corrected chi connectivity index (χ4v) is 2.17. The van der Waals surface area contributed by atoms with Crippen LogP contribution >= 0.6 is 0 Å². The lowest BCUT2D eigenvalue weighted by Crippen LogP contribution is -2.42. The van der Waals surface area contributed by atoms with Gasteiger partial charge in [-0.05, 0) is 19.9 Å². The fourth-order valence-electron chi connectivity index (χ4n) is 2.17. The molecule has 0 aromatic carbocycles. The summed E-state index contributed by atoms with van der Waals surface area (Å²) in [7, 11) is 3.47. The zero-order valence-corrected chi connectivity index (χ0v) is 10.2. The Bertz CT molecular complexity index is 424. The first-order valence-electron chi connectivity index (χ1n) is 5.80. The number of H-pyrrole nitrogens is 1. The van der Waals surface area contributed by atoms with Crippen molar-refractivity contribution in [3.05, 3.63) is 16.7 Å². The number of piperidine rings is 1. The number of rotatable bonds is 3. The summed E-state index contributed by atoms with van der Waals surface area (Å²) < 4.78 is 5.12. The van der Waals surface area contributed by atoms with Crippen molar-refractivity contribution in [2.75, 3.05) is 32.1 Å². The molecule has 1 aromatic heterocycles. The lowest BCUT2D eigenvalue weighted by molar-refractivity contribution is 0.397. The van der Waals surface area contributed by atoms with E-state index < -0.39 is 0 Å². The van der Waals surface area contributed by atoms with Gasteiger partial charge in [0.1, 0.15) is 0 Å².